The largest absolute Gasteiger partial charge is 0.206 e. The molecule has 3 aromatic heterocycles. The first-order valence-corrected chi connectivity index (χ1v) is 13.4. The molecule has 4 rings (SSSR count). The molecule has 2 nitrogen and oxygen atoms in total. The van der Waals surface area contributed by atoms with Gasteiger partial charge < -0.3 is 0 Å². The molecule has 4 aromatic rings. The second-order valence-corrected chi connectivity index (χ2v) is 10.8. The lowest BCUT2D eigenvalue weighted by atomic mass is 10.0. The fraction of sp³-hybridized carbons (Fsp3) is 0.222. The molecule has 0 saturated carbocycles. The van der Waals surface area contributed by atoms with Gasteiger partial charge in [-0.3, -0.25) is 0 Å². The van der Waals surface area contributed by atoms with Crippen LogP contribution in [0, 0.1) is 12.7 Å². The zero-order valence-electron chi connectivity index (χ0n) is 15.4. The first-order valence-electron chi connectivity index (χ1n) is 8.10. The normalized spacial score (nSPS) is 10.3. The van der Waals surface area contributed by atoms with Crippen LogP contribution in [0.2, 0.25) is 0 Å². The Morgan fingerprint density at radius 2 is 1.54 bits per heavy atom. The van der Waals surface area contributed by atoms with Crippen LogP contribution in [0.25, 0.3) is 31.9 Å². The number of thiophene rings is 2. The molecule has 150 valence electrons. The maximum atomic E-state index is 15.0. The van der Waals surface area contributed by atoms with Crippen LogP contribution in [0.5, 0.6) is 0 Å². The fourth-order valence-corrected chi connectivity index (χ4v) is 6.35. The molecular weight excluding hydrogens is 583 g/mol. The van der Waals surface area contributed by atoms with E-state index in [0.29, 0.717) is 11.1 Å². The van der Waals surface area contributed by atoms with Crippen LogP contribution < -0.4 is 0 Å². The van der Waals surface area contributed by atoms with E-state index in [4.69, 9.17) is 0 Å². The molecule has 0 atom stereocenters. The van der Waals surface area contributed by atoms with Gasteiger partial charge in [0.05, 0.1) is 24.9 Å². The highest BCUT2D eigenvalue weighted by Crippen LogP contribution is 2.44. The Hall–Kier alpha value is 0.0300. The third-order valence-corrected chi connectivity index (χ3v) is 8.89. The van der Waals surface area contributed by atoms with Crippen LogP contribution in [0.4, 0.5) is 4.39 Å². The molecule has 0 unspecified atom stereocenters. The molecule has 0 bridgehead atoms. The summed E-state index contributed by atoms with van der Waals surface area (Å²) in [6, 6.07) is 5.43. The van der Waals surface area contributed by atoms with Gasteiger partial charge in [0.15, 0.2) is 0 Å². The van der Waals surface area contributed by atoms with Crippen molar-refractivity contribution in [1.82, 2.24) is 8.75 Å². The lowest BCUT2D eigenvalue weighted by Crippen LogP contribution is -1.88. The quantitative estimate of drug-likeness (QED) is 0.225. The standard InChI is InChI=1S/C15H7Br2FN2S4.C2H6.CH4S/c1-5-2-10(23-14(5)16)11-7(18)3-6(12-13(11)20-24-19-12)9-4-8(21)15(17)22-9;2*1-2/h2-4,21H,1H3;1-2H3;2H,1H3. The van der Waals surface area contributed by atoms with E-state index in [9.17, 15) is 4.39 Å². The fourth-order valence-electron chi connectivity index (χ4n) is 2.41. The van der Waals surface area contributed by atoms with Gasteiger partial charge in [-0.2, -0.15) is 21.4 Å². The number of aryl methyl sites for hydroxylation is 1. The molecule has 0 amide bonds. The number of benzene rings is 1. The van der Waals surface area contributed by atoms with Gasteiger partial charge in [0.1, 0.15) is 16.9 Å². The van der Waals surface area contributed by atoms with Crippen molar-refractivity contribution >= 4 is 103 Å². The van der Waals surface area contributed by atoms with E-state index in [-0.39, 0.29) is 5.82 Å². The number of hydrogen-bond acceptors (Lipinski definition) is 7. The summed E-state index contributed by atoms with van der Waals surface area (Å²) in [5.74, 6) is -0.288. The van der Waals surface area contributed by atoms with Crippen molar-refractivity contribution in [3.63, 3.8) is 0 Å². The third-order valence-electron chi connectivity index (χ3n) is 3.53. The van der Waals surface area contributed by atoms with E-state index in [2.05, 4.69) is 65.9 Å². The van der Waals surface area contributed by atoms with E-state index >= 15 is 0 Å². The lowest BCUT2D eigenvalue weighted by molar-refractivity contribution is 0.633. The Balaban J connectivity index is 0.000000660. The predicted octanol–water partition coefficient (Wildman–Crippen LogP) is 8.98. The molecule has 28 heavy (non-hydrogen) atoms. The van der Waals surface area contributed by atoms with E-state index < -0.39 is 0 Å². The summed E-state index contributed by atoms with van der Waals surface area (Å²) in [6.45, 7) is 5.99. The van der Waals surface area contributed by atoms with Gasteiger partial charge in [0.25, 0.3) is 0 Å². The summed E-state index contributed by atoms with van der Waals surface area (Å²) < 4.78 is 25.7. The maximum Gasteiger partial charge on any atom is 0.134 e. The number of thiol groups is 2. The SMILES string of the molecule is CC.CS.Cc1cc(-c2c(F)cc(-c3cc(S)c(Br)s3)c3nsnc23)sc1Br. The zero-order chi connectivity index (χ0) is 21.0. The monoisotopic (exact) mass is 598 g/mol. The van der Waals surface area contributed by atoms with Crippen molar-refractivity contribution in [3.05, 3.63) is 37.2 Å². The number of nitrogens with zero attached hydrogens (tertiary/aromatic N) is 2. The minimum atomic E-state index is -0.288. The van der Waals surface area contributed by atoms with Gasteiger partial charge >= 0.3 is 0 Å². The Morgan fingerprint density at radius 3 is 2.07 bits per heavy atom. The van der Waals surface area contributed by atoms with Crippen molar-refractivity contribution in [2.75, 3.05) is 6.26 Å². The van der Waals surface area contributed by atoms with Crippen LogP contribution in [-0.4, -0.2) is 15.0 Å². The predicted molar refractivity (Wildman–Crippen MR) is 138 cm³/mol. The van der Waals surface area contributed by atoms with Crippen LogP contribution in [-0.2, 0) is 0 Å². The molecule has 10 heteroatoms. The van der Waals surface area contributed by atoms with Crippen molar-refractivity contribution in [1.29, 1.82) is 0 Å². The van der Waals surface area contributed by atoms with Crippen LogP contribution >= 0.6 is 91.5 Å². The van der Waals surface area contributed by atoms with Gasteiger partial charge in [-0.15, -0.1) is 35.3 Å². The van der Waals surface area contributed by atoms with E-state index in [1.54, 1.807) is 12.3 Å². The van der Waals surface area contributed by atoms with Gasteiger partial charge in [-0.1, -0.05) is 13.8 Å². The Labute approximate surface area is 204 Å². The molecule has 0 saturated heterocycles. The number of hydrogen-bond donors (Lipinski definition) is 2. The summed E-state index contributed by atoms with van der Waals surface area (Å²) in [6.07, 6.45) is 1.69. The average molecular weight is 600 g/mol. The Kier molecular flexibility index (Phi) is 9.44. The zero-order valence-corrected chi connectivity index (χ0v) is 22.8. The number of fused-ring (bicyclic) bond motifs is 1. The molecule has 0 radical (unpaired) electrons. The number of rotatable bonds is 2. The molecule has 0 aliphatic rings. The smallest absolute Gasteiger partial charge is 0.134 e. The van der Waals surface area contributed by atoms with Crippen molar-refractivity contribution in [2.24, 2.45) is 0 Å². The second-order valence-electron chi connectivity index (χ2n) is 5.08. The van der Waals surface area contributed by atoms with E-state index in [1.807, 2.05) is 32.9 Å². The summed E-state index contributed by atoms with van der Waals surface area (Å²) >= 11 is 19.0. The van der Waals surface area contributed by atoms with Gasteiger partial charge in [-0.25, -0.2) is 4.39 Å². The highest BCUT2D eigenvalue weighted by atomic mass is 79.9. The molecule has 0 aliphatic heterocycles. The van der Waals surface area contributed by atoms with Gasteiger partial charge in [0, 0.05) is 20.2 Å². The van der Waals surface area contributed by atoms with Crippen LogP contribution in [0.3, 0.4) is 0 Å². The number of aromatic nitrogens is 2. The Morgan fingerprint density at radius 1 is 0.929 bits per heavy atom. The minimum Gasteiger partial charge on any atom is -0.206 e. The summed E-state index contributed by atoms with van der Waals surface area (Å²) in [5, 5.41) is 0. The van der Waals surface area contributed by atoms with Crippen molar-refractivity contribution in [2.45, 2.75) is 25.7 Å². The van der Waals surface area contributed by atoms with Crippen molar-refractivity contribution < 1.29 is 4.39 Å². The summed E-state index contributed by atoms with van der Waals surface area (Å²) in [7, 11) is 0. The lowest BCUT2D eigenvalue weighted by Gasteiger charge is -2.05. The first kappa shape index (κ1) is 24.3. The maximum absolute atomic E-state index is 15.0. The molecule has 0 N–H and O–H groups in total. The Bertz CT molecular complexity index is 1050. The minimum absolute atomic E-state index is 0.288. The number of halogens is 3. The molecule has 3 heterocycles. The van der Waals surface area contributed by atoms with Crippen molar-refractivity contribution in [3.8, 4) is 20.9 Å². The molecule has 0 aliphatic carbocycles. The highest BCUT2D eigenvalue weighted by molar-refractivity contribution is 9.11. The van der Waals surface area contributed by atoms with Gasteiger partial charge in [0.2, 0.25) is 0 Å². The highest BCUT2D eigenvalue weighted by Gasteiger charge is 2.21. The average Bonchev–Trinajstić information content (AvgIpc) is 3.39. The van der Waals surface area contributed by atoms with E-state index in [0.717, 1.165) is 50.6 Å². The molecular formula is C18H17Br2FN2S5. The summed E-state index contributed by atoms with van der Waals surface area (Å²) in [5.41, 5.74) is 3.67. The molecule has 1 aromatic carbocycles. The van der Waals surface area contributed by atoms with Gasteiger partial charge in [-0.05, 0) is 68.8 Å². The first-order chi connectivity index (χ1) is 13.5. The van der Waals surface area contributed by atoms with E-state index in [1.165, 1.54) is 22.7 Å². The molecule has 0 spiro atoms. The topological polar surface area (TPSA) is 25.8 Å². The molecule has 0 fully saturated rings. The van der Waals surface area contributed by atoms with Crippen LogP contribution in [0.1, 0.15) is 19.4 Å². The summed E-state index contributed by atoms with van der Waals surface area (Å²) in [4.78, 5) is 2.59. The third kappa shape index (κ3) is 4.84. The van der Waals surface area contributed by atoms with Crippen LogP contribution in [0.15, 0.2) is 30.7 Å². The second kappa shape index (κ2) is 10.9.